The van der Waals surface area contributed by atoms with Crippen molar-refractivity contribution in [1.29, 1.82) is 0 Å². The minimum atomic E-state index is -2.92. The van der Waals surface area contributed by atoms with Crippen LogP contribution in [0.1, 0.15) is 19.4 Å². The van der Waals surface area contributed by atoms with E-state index in [-0.39, 0.29) is 11.5 Å². The Bertz CT molecular complexity index is 456. The van der Waals surface area contributed by atoms with Crippen LogP contribution in [0.15, 0.2) is 23.8 Å². The van der Waals surface area contributed by atoms with E-state index in [1.165, 1.54) is 31.2 Å². The summed E-state index contributed by atoms with van der Waals surface area (Å²) in [5.41, 5.74) is 0.789. The van der Waals surface area contributed by atoms with Crippen LogP contribution in [-0.2, 0) is 4.79 Å². The van der Waals surface area contributed by atoms with E-state index in [0.29, 0.717) is 16.2 Å². The van der Waals surface area contributed by atoms with E-state index in [4.69, 9.17) is 11.6 Å². The third-order valence-corrected chi connectivity index (χ3v) is 2.35. The van der Waals surface area contributed by atoms with Crippen LogP contribution in [0, 0.1) is 0 Å². The van der Waals surface area contributed by atoms with E-state index in [1.807, 2.05) is 0 Å². The molecule has 0 aliphatic rings. The van der Waals surface area contributed by atoms with Crippen LogP contribution in [0.4, 0.5) is 8.78 Å². The van der Waals surface area contributed by atoms with Crippen LogP contribution in [0.3, 0.4) is 0 Å². The highest BCUT2D eigenvalue weighted by Gasteiger charge is 2.09. The average Bonchev–Trinajstić information content (AvgIpc) is 2.21. The highest BCUT2D eigenvalue weighted by molar-refractivity contribution is 6.30. The first-order valence-corrected chi connectivity index (χ1v) is 5.21. The Hall–Kier alpha value is -1.42. The molecule has 0 heterocycles. The van der Waals surface area contributed by atoms with Crippen LogP contribution < -0.4 is 4.74 Å². The lowest BCUT2D eigenvalue weighted by atomic mass is 10.1. The topological polar surface area (TPSA) is 26.3 Å². The number of carbonyl (C=O) groups excluding carboxylic acids is 1. The summed E-state index contributed by atoms with van der Waals surface area (Å²) in [5.74, 6) is -0.155. The molecule has 0 aliphatic carbocycles. The molecule has 1 aromatic carbocycles. The molecule has 2 nitrogen and oxygen atoms in total. The molecule has 0 atom stereocenters. The zero-order valence-corrected chi connectivity index (χ0v) is 10.1. The minimum Gasteiger partial charge on any atom is -0.434 e. The number of allylic oxidation sites excluding steroid dienone is 1. The van der Waals surface area contributed by atoms with Crippen molar-refractivity contribution in [1.82, 2.24) is 0 Å². The van der Waals surface area contributed by atoms with Crippen LogP contribution in [0.2, 0.25) is 5.02 Å². The van der Waals surface area contributed by atoms with Crippen molar-refractivity contribution in [3.05, 3.63) is 34.4 Å². The molecule has 0 amide bonds. The average molecular weight is 261 g/mol. The number of hydrogen-bond acceptors (Lipinski definition) is 2. The van der Waals surface area contributed by atoms with Gasteiger partial charge in [0.05, 0.1) is 0 Å². The summed E-state index contributed by atoms with van der Waals surface area (Å²) in [6, 6.07) is 4.25. The first kappa shape index (κ1) is 13.6. The number of hydrogen-bond donors (Lipinski definition) is 0. The molecule has 0 aliphatic heterocycles. The lowest BCUT2D eigenvalue weighted by Crippen LogP contribution is -2.03. The number of benzene rings is 1. The van der Waals surface area contributed by atoms with Crippen LogP contribution in [-0.4, -0.2) is 12.4 Å². The van der Waals surface area contributed by atoms with Gasteiger partial charge in [0, 0.05) is 10.6 Å². The van der Waals surface area contributed by atoms with Gasteiger partial charge in [-0.05, 0) is 43.7 Å². The van der Waals surface area contributed by atoms with Gasteiger partial charge >= 0.3 is 6.61 Å². The second kappa shape index (κ2) is 5.77. The van der Waals surface area contributed by atoms with Crippen LogP contribution >= 0.6 is 11.6 Å². The number of ether oxygens (including phenoxy) is 1. The monoisotopic (exact) mass is 260 g/mol. The molecule has 0 saturated carbocycles. The van der Waals surface area contributed by atoms with E-state index in [1.54, 1.807) is 6.92 Å². The maximum atomic E-state index is 12.2. The Morgan fingerprint density at radius 1 is 1.41 bits per heavy atom. The molecule has 1 aromatic rings. The Kier molecular flexibility index (Phi) is 4.63. The maximum Gasteiger partial charge on any atom is 0.387 e. The van der Waals surface area contributed by atoms with Gasteiger partial charge in [-0.2, -0.15) is 8.78 Å². The summed E-state index contributed by atoms with van der Waals surface area (Å²) in [6.07, 6.45) is 1.46. The Morgan fingerprint density at radius 2 is 2.06 bits per heavy atom. The molecule has 92 valence electrons. The quantitative estimate of drug-likeness (QED) is 0.767. The summed E-state index contributed by atoms with van der Waals surface area (Å²) < 4.78 is 28.6. The molecule has 0 bridgehead atoms. The van der Waals surface area contributed by atoms with E-state index >= 15 is 0 Å². The van der Waals surface area contributed by atoms with Gasteiger partial charge in [-0.15, -0.1) is 0 Å². The van der Waals surface area contributed by atoms with Gasteiger partial charge in [0.1, 0.15) is 5.75 Å². The van der Waals surface area contributed by atoms with Gasteiger partial charge in [0.15, 0.2) is 5.78 Å². The Morgan fingerprint density at radius 3 is 2.59 bits per heavy atom. The third kappa shape index (κ3) is 4.15. The van der Waals surface area contributed by atoms with Crippen molar-refractivity contribution >= 4 is 23.5 Å². The van der Waals surface area contributed by atoms with E-state index < -0.39 is 6.61 Å². The van der Waals surface area contributed by atoms with Crippen molar-refractivity contribution in [2.45, 2.75) is 20.5 Å². The molecule has 0 saturated heterocycles. The van der Waals surface area contributed by atoms with Gasteiger partial charge in [0.25, 0.3) is 0 Å². The lowest BCUT2D eigenvalue weighted by Gasteiger charge is -2.08. The van der Waals surface area contributed by atoms with E-state index in [9.17, 15) is 13.6 Å². The molecule has 0 N–H and O–H groups in total. The zero-order chi connectivity index (χ0) is 13.0. The summed E-state index contributed by atoms with van der Waals surface area (Å²) in [4.78, 5) is 11.1. The zero-order valence-electron chi connectivity index (χ0n) is 9.34. The molecule has 1 rings (SSSR count). The number of halogens is 3. The van der Waals surface area contributed by atoms with Gasteiger partial charge in [0.2, 0.25) is 0 Å². The maximum absolute atomic E-state index is 12.2. The van der Waals surface area contributed by atoms with Crippen molar-refractivity contribution in [2.75, 3.05) is 0 Å². The highest BCUT2D eigenvalue weighted by atomic mass is 35.5. The third-order valence-electron chi connectivity index (χ3n) is 2.12. The van der Waals surface area contributed by atoms with E-state index in [0.717, 1.165) is 0 Å². The first-order chi connectivity index (χ1) is 7.90. The van der Waals surface area contributed by atoms with Crippen LogP contribution in [0.5, 0.6) is 5.75 Å². The number of rotatable bonds is 4. The summed E-state index contributed by atoms with van der Waals surface area (Å²) >= 11 is 5.76. The molecule has 17 heavy (non-hydrogen) atoms. The lowest BCUT2D eigenvalue weighted by molar-refractivity contribution is -0.113. The molecule has 0 unspecified atom stereocenters. The fourth-order valence-corrected chi connectivity index (χ4v) is 1.35. The second-order valence-electron chi connectivity index (χ2n) is 3.44. The fourth-order valence-electron chi connectivity index (χ4n) is 1.17. The Labute approximate surface area is 103 Å². The SMILES string of the molecule is CC(=O)/C(C)=C/c1cc(Cl)ccc1OC(F)F. The minimum absolute atomic E-state index is 0.00926. The van der Waals surface area contributed by atoms with Crippen molar-refractivity contribution in [2.24, 2.45) is 0 Å². The second-order valence-corrected chi connectivity index (χ2v) is 3.88. The standard InChI is InChI=1S/C12H11ClF2O2/c1-7(8(2)16)5-9-6-10(13)3-4-11(9)17-12(14)15/h3-6,12H,1-2H3/b7-5+. The van der Waals surface area contributed by atoms with Crippen LogP contribution in [0.25, 0.3) is 6.08 Å². The van der Waals surface area contributed by atoms with Gasteiger partial charge in [-0.1, -0.05) is 11.6 Å². The molecule has 0 aromatic heterocycles. The largest absolute Gasteiger partial charge is 0.434 e. The molecule has 0 spiro atoms. The molecular weight excluding hydrogens is 250 g/mol. The fraction of sp³-hybridized carbons (Fsp3) is 0.250. The number of alkyl halides is 2. The molecule has 5 heteroatoms. The van der Waals surface area contributed by atoms with E-state index in [2.05, 4.69) is 4.74 Å². The summed E-state index contributed by atoms with van der Waals surface area (Å²) in [7, 11) is 0. The van der Waals surface area contributed by atoms with Gasteiger partial charge < -0.3 is 4.74 Å². The number of Topliss-reactive ketones (excluding diaryl/α,β-unsaturated/α-hetero) is 1. The van der Waals surface area contributed by atoms with Crippen molar-refractivity contribution in [3.8, 4) is 5.75 Å². The number of ketones is 1. The highest BCUT2D eigenvalue weighted by Crippen LogP contribution is 2.26. The predicted molar refractivity (Wildman–Crippen MR) is 62.4 cm³/mol. The number of carbonyl (C=O) groups is 1. The summed E-state index contributed by atoms with van der Waals surface area (Å²) in [6.45, 7) is 0.0698. The molecular formula is C12H11ClF2O2. The smallest absolute Gasteiger partial charge is 0.387 e. The molecule has 0 fully saturated rings. The van der Waals surface area contributed by atoms with Gasteiger partial charge in [-0.3, -0.25) is 4.79 Å². The normalized spacial score (nSPS) is 11.8. The Balaban J connectivity index is 3.15. The van der Waals surface area contributed by atoms with Crippen molar-refractivity contribution in [3.63, 3.8) is 0 Å². The molecule has 0 radical (unpaired) electrons. The van der Waals surface area contributed by atoms with Crippen molar-refractivity contribution < 1.29 is 18.3 Å². The first-order valence-electron chi connectivity index (χ1n) is 4.83. The predicted octanol–water partition coefficient (Wildman–Crippen LogP) is 3.93. The summed E-state index contributed by atoms with van der Waals surface area (Å²) in [5, 5.41) is 0.384. The van der Waals surface area contributed by atoms with Gasteiger partial charge in [-0.25, -0.2) is 0 Å².